The summed E-state index contributed by atoms with van der Waals surface area (Å²) in [6, 6.07) is 5.52. The van der Waals surface area contributed by atoms with Crippen molar-refractivity contribution >= 4 is 22.6 Å². The molecule has 1 aliphatic heterocycles. The van der Waals surface area contributed by atoms with Crippen LogP contribution in [0.5, 0.6) is 0 Å². The fraction of sp³-hybridized carbons (Fsp3) is 0.158. The van der Waals surface area contributed by atoms with Gasteiger partial charge in [-0.1, -0.05) is 12.2 Å². The summed E-state index contributed by atoms with van der Waals surface area (Å²) in [5.41, 5.74) is 1.41. The molecule has 0 atom stereocenters. The van der Waals surface area contributed by atoms with Gasteiger partial charge in [-0.25, -0.2) is 15.0 Å². The predicted octanol–water partition coefficient (Wildman–Crippen LogP) is 3.51. The van der Waals surface area contributed by atoms with E-state index in [9.17, 15) is 4.79 Å². The summed E-state index contributed by atoms with van der Waals surface area (Å²) in [4.78, 5) is 27.0. The Bertz CT molecular complexity index is 1020. The molecule has 7 nitrogen and oxygen atoms in total. The zero-order valence-corrected chi connectivity index (χ0v) is 14.2. The van der Waals surface area contributed by atoms with Gasteiger partial charge in [0.15, 0.2) is 11.7 Å². The lowest BCUT2D eigenvalue weighted by Crippen LogP contribution is -2.26. The number of aryl methyl sites for hydroxylation is 1. The van der Waals surface area contributed by atoms with Crippen LogP contribution in [0.2, 0.25) is 0 Å². The normalized spacial score (nSPS) is 13.3. The third-order valence-electron chi connectivity index (χ3n) is 3.91. The second kappa shape index (κ2) is 6.79. The molecule has 4 rings (SSSR count). The van der Waals surface area contributed by atoms with Gasteiger partial charge in [0.2, 0.25) is 5.91 Å². The predicted molar refractivity (Wildman–Crippen MR) is 100 cm³/mol. The Kier molecular flexibility index (Phi) is 4.18. The summed E-state index contributed by atoms with van der Waals surface area (Å²) in [7, 11) is 0. The number of nitrogens with zero attached hydrogens (tertiary/aromatic N) is 4. The molecule has 26 heavy (non-hydrogen) atoms. The second-order valence-corrected chi connectivity index (χ2v) is 5.93. The summed E-state index contributed by atoms with van der Waals surface area (Å²) in [5, 5.41) is 3.69. The highest BCUT2D eigenvalue weighted by Gasteiger charge is 2.10. The van der Waals surface area contributed by atoms with Gasteiger partial charge in [-0.15, -0.1) is 0 Å². The molecule has 1 N–H and O–H groups in total. The number of hydrogen-bond donors (Lipinski definition) is 1. The maximum absolute atomic E-state index is 12.2. The zero-order valence-electron chi connectivity index (χ0n) is 14.2. The Morgan fingerprint density at radius 3 is 2.88 bits per heavy atom. The number of amides is 1. The number of rotatable bonds is 4. The fourth-order valence-electron chi connectivity index (χ4n) is 2.68. The lowest BCUT2D eigenvalue weighted by atomic mass is 10.2. The summed E-state index contributed by atoms with van der Waals surface area (Å²) >= 11 is 0. The van der Waals surface area contributed by atoms with Crippen LogP contribution in [0.15, 0.2) is 59.6 Å². The second-order valence-electron chi connectivity index (χ2n) is 5.93. The minimum Gasteiger partial charge on any atom is -0.439 e. The summed E-state index contributed by atoms with van der Waals surface area (Å²) in [5.74, 6) is 1.52. The van der Waals surface area contributed by atoms with Crippen molar-refractivity contribution < 1.29 is 10.6 Å². The first-order valence-electron chi connectivity index (χ1n) is 8.26. The van der Waals surface area contributed by atoms with Crippen molar-refractivity contribution in [3.63, 3.8) is 0 Å². The van der Waals surface area contributed by atoms with E-state index < -0.39 is 0 Å². The number of pyridine rings is 2. The van der Waals surface area contributed by atoms with E-state index in [0.29, 0.717) is 23.2 Å². The van der Waals surface area contributed by atoms with E-state index in [1.54, 1.807) is 25.4 Å². The van der Waals surface area contributed by atoms with Gasteiger partial charge in [-0.2, -0.15) is 0 Å². The molecule has 0 saturated heterocycles. The number of carbonyl (C=O) groups is 1. The van der Waals surface area contributed by atoms with Crippen molar-refractivity contribution in [1.29, 1.82) is 0 Å². The molecular weight excluding hydrogens is 330 g/mol. The zero-order chi connectivity index (χ0) is 17.9. The van der Waals surface area contributed by atoms with Gasteiger partial charge in [0.05, 0.1) is 11.7 Å². The smallest absolute Gasteiger partial charge is 0.245 e. The SMILES string of the molecule is Cc1ncc(-c2ccc3cnc(NC(=O)CN4C=CCC=C4)cc3n2)o1.[HH]. The van der Waals surface area contributed by atoms with E-state index in [1.165, 1.54) is 0 Å². The summed E-state index contributed by atoms with van der Waals surface area (Å²) < 4.78 is 5.52. The molecular formula is C19H19N5O2. The Labute approximate surface area is 151 Å². The standard InChI is InChI=1S/C19H17N5O2.H2/c1-13-20-11-17(26-13)15-6-5-14-10-21-18(9-16(14)22-15)23-19(25)12-24-7-3-2-4-8-24;/h3-11H,2,12H2,1H3,(H,21,23,25);1H. The van der Waals surface area contributed by atoms with E-state index in [4.69, 9.17) is 4.42 Å². The Hall–Kier alpha value is -3.48. The molecule has 0 fully saturated rings. The van der Waals surface area contributed by atoms with Crippen molar-refractivity contribution in [2.24, 2.45) is 0 Å². The monoisotopic (exact) mass is 349 g/mol. The first-order valence-corrected chi connectivity index (χ1v) is 8.26. The third-order valence-corrected chi connectivity index (χ3v) is 3.91. The number of fused-ring (bicyclic) bond motifs is 1. The van der Waals surface area contributed by atoms with E-state index in [1.807, 2.05) is 41.6 Å². The highest BCUT2D eigenvalue weighted by atomic mass is 16.4. The van der Waals surface area contributed by atoms with E-state index in [0.717, 1.165) is 17.3 Å². The van der Waals surface area contributed by atoms with Gasteiger partial charge >= 0.3 is 0 Å². The van der Waals surface area contributed by atoms with Crippen molar-refractivity contribution in [2.75, 3.05) is 11.9 Å². The van der Waals surface area contributed by atoms with Gasteiger partial charge in [0.25, 0.3) is 0 Å². The molecule has 0 unspecified atom stereocenters. The Balaban J connectivity index is 0.00000210. The van der Waals surface area contributed by atoms with Gasteiger partial charge in [0, 0.05) is 38.4 Å². The van der Waals surface area contributed by atoms with Crippen LogP contribution in [0, 0.1) is 6.92 Å². The third kappa shape index (κ3) is 3.46. The number of hydrogen-bond acceptors (Lipinski definition) is 6. The first-order chi connectivity index (χ1) is 12.7. The summed E-state index contributed by atoms with van der Waals surface area (Å²) in [6.07, 6.45) is 12.0. The van der Waals surface area contributed by atoms with E-state index in [-0.39, 0.29) is 13.9 Å². The molecule has 0 saturated carbocycles. The maximum atomic E-state index is 12.2. The van der Waals surface area contributed by atoms with Crippen LogP contribution < -0.4 is 5.32 Å². The van der Waals surface area contributed by atoms with Crippen LogP contribution in [-0.2, 0) is 4.79 Å². The molecule has 0 aliphatic carbocycles. The van der Waals surface area contributed by atoms with Crippen molar-refractivity contribution in [3.8, 4) is 11.5 Å². The van der Waals surface area contributed by atoms with E-state index in [2.05, 4.69) is 20.3 Å². The fourth-order valence-corrected chi connectivity index (χ4v) is 2.68. The number of carbonyl (C=O) groups excluding carboxylic acids is 1. The lowest BCUT2D eigenvalue weighted by molar-refractivity contribution is -0.116. The molecule has 7 heteroatoms. The van der Waals surface area contributed by atoms with Crippen molar-refractivity contribution in [1.82, 2.24) is 19.9 Å². The topological polar surface area (TPSA) is 84.2 Å². The molecule has 0 bridgehead atoms. The van der Waals surface area contributed by atoms with Crippen LogP contribution in [0.4, 0.5) is 5.82 Å². The van der Waals surface area contributed by atoms with Crippen LogP contribution in [0.25, 0.3) is 22.4 Å². The number of anilines is 1. The van der Waals surface area contributed by atoms with Gasteiger partial charge in [-0.3, -0.25) is 4.79 Å². The highest BCUT2D eigenvalue weighted by molar-refractivity contribution is 5.93. The average molecular weight is 349 g/mol. The molecule has 1 amide bonds. The minimum absolute atomic E-state index is 0. The number of aromatic nitrogens is 3. The minimum atomic E-state index is -0.143. The largest absolute Gasteiger partial charge is 0.439 e. The van der Waals surface area contributed by atoms with Crippen LogP contribution >= 0.6 is 0 Å². The molecule has 132 valence electrons. The molecule has 4 heterocycles. The van der Waals surface area contributed by atoms with Crippen LogP contribution in [-0.4, -0.2) is 32.3 Å². The lowest BCUT2D eigenvalue weighted by Gasteiger charge is -2.17. The van der Waals surface area contributed by atoms with Crippen LogP contribution in [0.3, 0.4) is 0 Å². The van der Waals surface area contributed by atoms with Gasteiger partial charge in [-0.05, 0) is 18.6 Å². The van der Waals surface area contributed by atoms with Gasteiger partial charge < -0.3 is 14.6 Å². The highest BCUT2D eigenvalue weighted by Crippen LogP contribution is 2.22. The molecule has 3 aromatic heterocycles. The Morgan fingerprint density at radius 1 is 1.27 bits per heavy atom. The van der Waals surface area contributed by atoms with E-state index >= 15 is 0 Å². The molecule has 1 aliphatic rings. The van der Waals surface area contributed by atoms with Crippen molar-refractivity contribution in [2.45, 2.75) is 13.3 Å². The number of oxazole rings is 1. The molecule has 0 radical (unpaired) electrons. The van der Waals surface area contributed by atoms with Crippen LogP contribution in [0.1, 0.15) is 13.7 Å². The quantitative estimate of drug-likeness (QED) is 0.776. The molecule has 0 aromatic carbocycles. The molecule has 3 aromatic rings. The first kappa shape index (κ1) is 16.0. The number of allylic oxidation sites excluding steroid dienone is 2. The van der Waals surface area contributed by atoms with Crippen molar-refractivity contribution in [3.05, 3.63) is 61.0 Å². The number of nitrogens with one attached hydrogen (secondary N) is 1. The summed E-state index contributed by atoms with van der Waals surface area (Å²) in [6.45, 7) is 2.02. The van der Waals surface area contributed by atoms with Gasteiger partial charge in [0.1, 0.15) is 18.1 Å². The Morgan fingerprint density at radius 2 is 2.12 bits per heavy atom. The molecule has 0 spiro atoms. The average Bonchev–Trinajstić information content (AvgIpc) is 3.08. The maximum Gasteiger partial charge on any atom is 0.245 e.